The molecule has 0 amide bonds. The van der Waals surface area contributed by atoms with Gasteiger partial charge < -0.3 is 4.74 Å². The second-order valence-electron chi connectivity index (χ2n) is 6.23. The molecule has 0 saturated heterocycles. The Morgan fingerprint density at radius 1 is 1.05 bits per heavy atom. The van der Waals surface area contributed by atoms with E-state index in [1.807, 2.05) is 0 Å². The van der Waals surface area contributed by atoms with Gasteiger partial charge >= 0.3 is 5.97 Å². The molecule has 0 N–H and O–H groups in total. The number of allylic oxidation sites excluding steroid dienone is 2. The van der Waals surface area contributed by atoms with Crippen LogP contribution in [-0.2, 0) is 9.53 Å². The maximum atomic E-state index is 11.3. The summed E-state index contributed by atoms with van der Waals surface area (Å²) in [6.07, 6.45) is 16.9. The number of rotatable bonds is 14. The van der Waals surface area contributed by atoms with Crippen molar-refractivity contribution in [2.45, 2.75) is 85.0 Å². The average Bonchev–Trinajstić information content (AvgIpc) is 2.49. The van der Waals surface area contributed by atoms with Crippen molar-refractivity contribution in [3.63, 3.8) is 0 Å². The molecule has 0 fully saturated rings. The first kappa shape index (κ1) is 20.9. The van der Waals surface area contributed by atoms with E-state index in [9.17, 15) is 4.79 Å². The zero-order valence-electron chi connectivity index (χ0n) is 15.0. The molecular weight excluding hydrogens is 272 g/mol. The van der Waals surface area contributed by atoms with E-state index in [2.05, 4.69) is 32.6 Å². The zero-order chi connectivity index (χ0) is 16.6. The van der Waals surface area contributed by atoms with E-state index in [0.717, 1.165) is 25.2 Å². The normalized spacial score (nSPS) is 12.5. The topological polar surface area (TPSA) is 26.3 Å². The lowest BCUT2D eigenvalue weighted by Gasteiger charge is -2.15. The zero-order valence-corrected chi connectivity index (χ0v) is 15.0. The largest absolute Gasteiger partial charge is 0.462 e. The SMILES string of the molecule is C=C(C)C(=O)OCCCCC(CCC)CCCCC=CCC. The summed E-state index contributed by atoms with van der Waals surface area (Å²) in [7, 11) is 0. The fourth-order valence-corrected chi connectivity index (χ4v) is 2.64. The fourth-order valence-electron chi connectivity index (χ4n) is 2.64. The van der Waals surface area contributed by atoms with Gasteiger partial charge in [-0.15, -0.1) is 0 Å². The molecule has 0 saturated carbocycles. The first-order chi connectivity index (χ1) is 10.6. The maximum absolute atomic E-state index is 11.3. The Bertz CT molecular complexity index is 318. The average molecular weight is 309 g/mol. The second-order valence-corrected chi connectivity index (χ2v) is 6.23. The van der Waals surface area contributed by atoms with E-state index in [1.54, 1.807) is 6.92 Å². The lowest BCUT2D eigenvalue weighted by Crippen LogP contribution is -2.07. The third-order valence-electron chi connectivity index (χ3n) is 3.92. The van der Waals surface area contributed by atoms with Crippen LogP contribution < -0.4 is 0 Å². The molecule has 2 nitrogen and oxygen atoms in total. The number of esters is 1. The van der Waals surface area contributed by atoms with Gasteiger partial charge in [-0.1, -0.05) is 64.7 Å². The molecule has 0 radical (unpaired) electrons. The number of carbonyl (C=O) groups is 1. The van der Waals surface area contributed by atoms with Crippen LogP contribution in [0.4, 0.5) is 0 Å². The molecule has 0 spiro atoms. The van der Waals surface area contributed by atoms with Crippen molar-refractivity contribution >= 4 is 5.97 Å². The van der Waals surface area contributed by atoms with Gasteiger partial charge in [-0.25, -0.2) is 4.79 Å². The quantitative estimate of drug-likeness (QED) is 0.165. The molecule has 0 aromatic heterocycles. The lowest BCUT2D eigenvalue weighted by molar-refractivity contribution is -0.139. The number of hydrogen-bond donors (Lipinski definition) is 0. The number of unbranched alkanes of at least 4 members (excludes halogenated alkanes) is 3. The summed E-state index contributed by atoms with van der Waals surface area (Å²) < 4.78 is 5.14. The van der Waals surface area contributed by atoms with Crippen LogP contribution in [0.2, 0.25) is 0 Å². The summed E-state index contributed by atoms with van der Waals surface area (Å²) >= 11 is 0. The Hall–Kier alpha value is -1.05. The van der Waals surface area contributed by atoms with Crippen molar-refractivity contribution in [3.8, 4) is 0 Å². The molecular formula is C20H36O2. The molecule has 1 atom stereocenters. The van der Waals surface area contributed by atoms with Crippen LogP contribution in [0.3, 0.4) is 0 Å². The maximum Gasteiger partial charge on any atom is 0.333 e. The first-order valence-corrected chi connectivity index (χ1v) is 9.09. The van der Waals surface area contributed by atoms with E-state index in [-0.39, 0.29) is 5.97 Å². The minimum absolute atomic E-state index is 0.259. The standard InChI is InChI=1S/C20H36O2/c1-5-7-8-9-10-11-15-19(14-6-2)16-12-13-17-22-20(21)18(3)4/h7-8,19H,3,5-6,9-17H2,1-2,4H3. The Balaban J connectivity index is 3.69. The molecule has 128 valence electrons. The molecule has 0 aromatic rings. The highest BCUT2D eigenvalue weighted by atomic mass is 16.5. The van der Waals surface area contributed by atoms with E-state index in [0.29, 0.717) is 12.2 Å². The van der Waals surface area contributed by atoms with Crippen molar-refractivity contribution in [1.29, 1.82) is 0 Å². The fraction of sp³-hybridized carbons (Fsp3) is 0.750. The van der Waals surface area contributed by atoms with Gasteiger partial charge in [-0.05, 0) is 44.9 Å². The summed E-state index contributed by atoms with van der Waals surface area (Å²) in [6.45, 7) is 10.3. The molecule has 0 aliphatic heterocycles. The van der Waals surface area contributed by atoms with Crippen molar-refractivity contribution in [1.82, 2.24) is 0 Å². The number of ether oxygens (including phenoxy) is 1. The predicted octanol–water partition coefficient (Wildman–Crippen LogP) is 6.22. The van der Waals surface area contributed by atoms with E-state index in [4.69, 9.17) is 4.74 Å². The smallest absolute Gasteiger partial charge is 0.333 e. The molecule has 0 heterocycles. The predicted molar refractivity (Wildman–Crippen MR) is 95.9 cm³/mol. The molecule has 1 unspecified atom stereocenters. The van der Waals surface area contributed by atoms with Crippen molar-refractivity contribution in [2.24, 2.45) is 5.92 Å². The van der Waals surface area contributed by atoms with Gasteiger partial charge in [-0.3, -0.25) is 0 Å². The monoisotopic (exact) mass is 308 g/mol. The molecule has 0 aromatic carbocycles. The Labute approximate surface area is 138 Å². The van der Waals surface area contributed by atoms with Gasteiger partial charge in [0.1, 0.15) is 0 Å². The molecule has 0 aliphatic carbocycles. The Morgan fingerprint density at radius 3 is 2.32 bits per heavy atom. The summed E-state index contributed by atoms with van der Waals surface area (Å²) in [5.74, 6) is 0.585. The summed E-state index contributed by atoms with van der Waals surface area (Å²) in [5, 5.41) is 0. The van der Waals surface area contributed by atoms with Gasteiger partial charge in [0.2, 0.25) is 0 Å². The van der Waals surface area contributed by atoms with Gasteiger partial charge in [-0.2, -0.15) is 0 Å². The van der Waals surface area contributed by atoms with E-state index < -0.39 is 0 Å². The number of hydrogen-bond acceptors (Lipinski definition) is 2. The molecule has 0 bridgehead atoms. The first-order valence-electron chi connectivity index (χ1n) is 9.09. The van der Waals surface area contributed by atoms with E-state index >= 15 is 0 Å². The minimum atomic E-state index is -0.259. The Kier molecular flexibility index (Phi) is 14.2. The summed E-state index contributed by atoms with van der Waals surface area (Å²) in [5.41, 5.74) is 0.487. The van der Waals surface area contributed by atoms with Crippen molar-refractivity contribution in [3.05, 3.63) is 24.3 Å². The third-order valence-corrected chi connectivity index (χ3v) is 3.92. The van der Waals surface area contributed by atoms with E-state index in [1.165, 1.54) is 44.9 Å². The van der Waals surface area contributed by atoms with Crippen molar-refractivity contribution in [2.75, 3.05) is 6.61 Å². The highest BCUT2D eigenvalue weighted by molar-refractivity contribution is 5.86. The van der Waals surface area contributed by atoms with Gasteiger partial charge in [0, 0.05) is 5.57 Å². The van der Waals surface area contributed by atoms with Gasteiger partial charge in [0.05, 0.1) is 6.61 Å². The molecule has 0 rings (SSSR count). The lowest BCUT2D eigenvalue weighted by atomic mass is 9.91. The van der Waals surface area contributed by atoms with Crippen molar-refractivity contribution < 1.29 is 9.53 Å². The third kappa shape index (κ3) is 12.7. The van der Waals surface area contributed by atoms with Crippen LogP contribution in [-0.4, -0.2) is 12.6 Å². The molecule has 0 aliphatic rings. The van der Waals surface area contributed by atoms with Gasteiger partial charge in [0.25, 0.3) is 0 Å². The highest BCUT2D eigenvalue weighted by Gasteiger charge is 2.08. The second kappa shape index (κ2) is 14.9. The summed E-state index contributed by atoms with van der Waals surface area (Å²) in [4.78, 5) is 11.3. The minimum Gasteiger partial charge on any atom is -0.462 e. The van der Waals surface area contributed by atoms with Crippen LogP contribution in [0.1, 0.15) is 85.0 Å². The van der Waals surface area contributed by atoms with Crippen LogP contribution in [0.25, 0.3) is 0 Å². The van der Waals surface area contributed by atoms with Crippen LogP contribution >= 0.6 is 0 Å². The summed E-state index contributed by atoms with van der Waals surface area (Å²) in [6, 6.07) is 0. The highest BCUT2D eigenvalue weighted by Crippen LogP contribution is 2.21. The molecule has 22 heavy (non-hydrogen) atoms. The van der Waals surface area contributed by atoms with Gasteiger partial charge in [0.15, 0.2) is 0 Å². The number of carbonyl (C=O) groups excluding carboxylic acids is 1. The van der Waals surface area contributed by atoms with Crippen LogP contribution in [0.15, 0.2) is 24.3 Å². The molecule has 2 heteroatoms. The Morgan fingerprint density at radius 2 is 1.73 bits per heavy atom. The van der Waals surface area contributed by atoms with Crippen LogP contribution in [0.5, 0.6) is 0 Å². The van der Waals surface area contributed by atoms with Crippen LogP contribution in [0, 0.1) is 5.92 Å².